The van der Waals surface area contributed by atoms with Crippen LogP contribution >= 0.6 is 0 Å². The van der Waals surface area contributed by atoms with Crippen LogP contribution in [-0.2, 0) is 23.9 Å². The number of ether oxygens (including phenoxy) is 2. The molecule has 11 heteroatoms. The molecular formula is C16H30N6O5. The van der Waals surface area contributed by atoms with Gasteiger partial charge < -0.3 is 24.6 Å². The number of carbonyl (C=O) groups is 3. The number of nitrogens with zero attached hydrogens (tertiary/aromatic N) is 5. The first-order valence-electron chi connectivity index (χ1n) is 8.70. The third kappa shape index (κ3) is 12.7. The molecule has 11 nitrogen and oxygen atoms in total. The van der Waals surface area contributed by atoms with Crippen LogP contribution in [0.5, 0.6) is 0 Å². The van der Waals surface area contributed by atoms with Gasteiger partial charge in [0.15, 0.2) is 0 Å². The smallest absolute Gasteiger partial charge is 0.242 e. The molecular weight excluding hydrogens is 356 g/mol. The molecule has 0 aromatic rings. The number of nitrogens with one attached hydrogen (secondary N) is 1. The van der Waals surface area contributed by atoms with E-state index in [2.05, 4.69) is 15.3 Å². The fraction of sp³-hybridized carbons (Fsp3) is 0.812. The zero-order chi connectivity index (χ0) is 20.5. The summed E-state index contributed by atoms with van der Waals surface area (Å²) in [5.41, 5.74) is 8.20. The lowest BCUT2D eigenvalue weighted by Gasteiger charge is -2.27. The molecule has 0 aliphatic rings. The fourth-order valence-corrected chi connectivity index (χ4v) is 2.15. The highest BCUT2D eigenvalue weighted by atomic mass is 16.5. The highest BCUT2D eigenvalue weighted by Gasteiger charge is 2.21. The summed E-state index contributed by atoms with van der Waals surface area (Å²) in [7, 11) is 3.03. The van der Waals surface area contributed by atoms with Gasteiger partial charge in [0.25, 0.3) is 0 Å². The van der Waals surface area contributed by atoms with Crippen LogP contribution in [0.1, 0.15) is 13.3 Å². The van der Waals surface area contributed by atoms with Crippen LogP contribution in [0.2, 0.25) is 0 Å². The summed E-state index contributed by atoms with van der Waals surface area (Å²) in [5, 5.41) is 6.37. The Kier molecular flexibility index (Phi) is 14.7. The van der Waals surface area contributed by atoms with Crippen molar-refractivity contribution in [2.75, 3.05) is 73.2 Å². The van der Waals surface area contributed by atoms with Crippen LogP contribution in [0.4, 0.5) is 0 Å². The summed E-state index contributed by atoms with van der Waals surface area (Å²) < 4.78 is 9.97. The van der Waals surface area contributed by atoms with Gasteiger partial charge >= 0.3 is 0 Å². The van der Waals surface area contributed by atoms with Gasteiger partial charge in [0.05, 0.1) is 32.8 Å². The van der Waals surface area contributed by atoms with Crippen molar-refractivity contribution in [3.8, 4) is 0 Å². The number of amides is 2. The Morgan fingerprint density at radius 2 is 1.63 bits per heavy atom. The second kappa shape index (κ2) is 16.0. The van der Waals surface area contributed by atoms with Crippen molar-refractivity contribution in [1.29, 1.82) is 0 Å². The molecule has 0 spiro atoms. The topological polar surface area (TPSA) is 137 Å². The Morgan fingerprint density at radius 1 is 1.04 bits per heavy atom. The molecule has 0 unspecified atom stereocenters. The average molecular weight is 386 g/mol. The van der Waals surface area contributed by atoms with Crippen LogP contribution in [0.3, 0.4) is 0 Å². The molecule has 0 aliphatic carbocycles. The first kappa shape index (κ1) is 24.8. The SMILES string of the molecule is COCCN(CC(C)=O)C(=O)CN(CCOC)C(=O)CNCCCN=[N+]=[N-]. The fourth-order valence-electron chi connectivity index (χ4n) is 2.15. The molecule has 0 rings (SSSR count). The molecule has 0 fully saturated rings. The van der Waals surface area contributed by atoms with Gasteiger partial charge in [-0.2, -0.15) is 0 Å². The van der Waals surface area contributed by atoms with Gasteiger partial charge in [-0.15, -0.1) is 0 Å². The minimum absolute atomic E-state index is 0.0217. The normalized spacial score (nSPS) is 10.2. The summed E-state index contributed by atoms with van der Waals surface area (Å²) in [6.07, 6.45) is 0.609. The minimum Gasteiger partial charge on any atom is -0.383 e. The van der Waals surface area contributed by atoms with Gasteiger partial charge in [0.1, 0.15) is 5.78 Å². The number of rotatable bonds is 16. The van der Waals surface area contributed by atoms with E-state index >= 15 is 0 Å². The number of hydrogen-bond acceptors (Lipinski definition) is 7. The predicted molar refractivity (Wildman–Crippen MR) is 99.1 cm³/mol. The Hall–Kier alpha value is -2.20. The molecule has 0 aromatic carbocycles. The third-order valence-corrected chi connectivity index (χ3v) is 3.53. The van der Waals surface area contributed by atoms with Crippen LogP contribution in [0, 0.1) is 0 Å². The highest BCUT2D eigenvalue weighted by molar-refractivity contribution is 5.88. The summed E-state index contributed by atoms with van der Waals surface area (Å²) >= 11 is 0. The van der Waals surface area contributed by atoms with Crippen molar-refractivity contribution in [1.82, 2.24) is 15.1 Å². The summed E-state index contributed by atoms with van der Waals surface area (Å²) in [5.74, 6) is -0.718. The first-order chi connectivity index (χ1) is 13.0. The molecule has 0 atom stereocenters. The molecule has 154 valence electrons. The quantitative estimate of drug-likeness (QED) is 0.169. The van der Waals surface area contributed by atoms with Gasteiger partial charge in [-0.3, -0.25) is 14.4 Å². The zero-order valence-corrected chi connectivity index (χ0v) is 16.3. The third-order valence-electron chi connectivity index (χ3n) is 3.53. The molecule has 0 saturated carbocycles. The van der Waals surface area contributed by atoms with E-state index in [0.29, 0.717) is 32.7 Å². The Bertz CT molecular complexity index is 510. The van der Waals surface area contributed by atoms with Crippen molar-refractivity contribution < 1.29 is 23.9 Å². The first-order valence-corrected chi connectivity index (χ1v) is 8.70. The van der Waals surface area contributed by atoms with Crippen molar-refractivity contribution in [3.05, 3.63) is 10.4 Å². The van der Waals surface area contributed by atoms with Gasteiger partial charge in [-0.05, 0) is 25.4 Å². The highest BCUT2D eigenvalue weighted by Crippen LogP contribution is 1.98. The summed E-state index contributed by atoms with van der Waals surface area (Å²) in [4.78, 5) is 41.7. The second-order valence-corrected chi connectivity index (χ2v) is 5.80. The van der Waals surface area contributed by atoms with Crippen molar-refractivity contribution in [3.63, 3.8) is 0 Å². The van der Waals surface area contributed by atoms with Crippen molar-refractivity contribution in [2.24, 2.45) is 5.11 Å². The van der Waals surface area contributed by atoms with Crippen LogP contribution in [-0.4, -0.2) is 101 Å². The van der Waals surface area contributed by atoms with Crippen molar-refractivity contribution >= 4 is 17.6 Å². The molecule has 0 bridgehead atoms. The van der Waals surface area contributed by atoms with E-state index < -0.39 is 0 Å². The molecule has 0 saturated heterocycles. The largest absolute Gasteiger partial charge is 0.383 e. The maximum absolute atomic E-state index is 12.5. The maximum atomic E-state index is 12.5. The average Bonchev–Trinajstić information content (AvgIpc) is 2.64. The molecule has 0 aliphatic heterocycles. The monoisotopic (exact) mass is 386 g/mol. The molecule has 0 aromatic heterocycles. The van der Waals surface area contributed by atoms with E-state index in [1.165, 1.54) is 30.9 Å². The lowest BCUT2D eigenvalue weighted by atomic mass is 10.3. The van der Waals surface area contributed by atoms with Crippen LogP contribution in [0.25, 0.3) is 10.4 Å². The Balaban J connectivity index is 4.69. The standard InChI is InChI=1S/C16H30N6O5/c1-14(23)12-21(7-9-26-2)16(25)13-22(8-10-27-3)15(24)11-18-5-4-6-19-20-17/h18H,4-13H2,1-3H3. The molecule has 2 amide bonds. The number of azide groups is 1. The zero-order valence-electron chi connectivity index (χ0n) is 16.3. The van der Waals surface area contributed by atoms with E-state index in [1.54, 1.807) is 0 Å². The number of carbonyl (C=O) groups excluding carboxylic acids is 3. The van der Waals surface area contributed by atoms with Crippen molar-refractivity contribution in [2.45, 2.75) is 13.3 Å². The summed E-state index contributed by atoms with van der Waals surface area (Å²) in [6.45, 7) is 3.30. The lowest BCUT2D eigenvalue weighted by Crippen LogP contribution is -2.48. The van der Waals surface area contributed by atoms with E-state index in [4.69, 9.17) is 15.0 Å². The summed E-state index contributed by atoms with van der Waals surface area (Å²) in [6, 6.07) is 0. The maximum Gasteiger partial charge on any atom is 0.242 e. The Labute approximate surface area is 159 Å². The van der Waals surface area contributed by atoms with E-state index in [-0.39, 0.29) is 50.3 Å². The Morgan fingerprint density at radius 3 is 2.15 bits per heavy atom. The number of ketones is 1. The van der Waals surface area contributed by atoms with Gasteiger partial charge in [0.2, 0.25) is 11.8 Å². The number of methoxy groups -OCH3 is 2. The molecule has 1 N–H and O–H groups in total. The van der Waals surface area contributed by atoms with Gasteiger partial charge in [-0.25, -0.2) is 0 Å². The van der Waals surface area contributed by atoms with E-state index in [9.17, 15) is 14.4 Å². The minimum atomic E-state index is -0.324. The van der Waals surface area contributed by atoms with Gasteiger partial charge in [-0.1, -0.05) is 5.11 Å². The number of hydrogen-bond donors (Lipinski definition) is 1. The molecule has 0 radical (unpaired) electrons. The second-order valence-electron chi connectivity index (χ2n) is 5.80. The van der Waals surface area contributed by atoms with E-state index in [0.717, 1.165) is 0 Å². The number of Topliss-reactive ketones (excluding diaryl/α,β-unsaturated/α-hetero) is 1. The molecule has 27 heavy (non-hydrogen) atoms. The van der Waals surface area contributed by atoms with Crippen LogP contribution in [0.15, 0.2) is 5.11 Å². The predicted octanol–water partition coefficient (Wildman–Crippen LogP) is -0.185. The van der Waals surface area contributed by atoms with Crippen LogP contribution < -0.4 is 5.32 Å². The van der Waals surface area contributed by atoms with Gasteiger partial charge in [0, 0.05) is 38.8 Å². The lowest BCUT2D eigenvalue weighted by molar-refractivity contribution is -0.142. The van der Waals surface area contributed by atoms with E-state index in [1.807, 2.05) is 0 Å². The molecule has 0 heterocycles.